The SMILES string of the molecule is CC#CCCNC(=O)C(CCC(=O)O)NC(=O)OCC1c2ccccc2-c2ccccc21. The van der Waals surface area contributed by atoms with E-state index in [0.29, 0.717) is 13.0 Å². The summed E-state index contributed by atoms with van der Waals surface area (Å²) in [5.41, 5.74) is 4.40. The summed E-state index contributed by atoms with van der Waals surface area (Å²) in [6, 6.07) is 15.0. The Kier molecular flexibility index (Phi) is 7.87. The molecular weight excluding hydrogens is 408 g/mol. The van der Waals surface area contributed by atoms with Crippen LogP contribution in [0.1, 0.15) is 43.2 Å². The fraction of sp³-hybridized carbons (Fsp3) is 0.320. The van der Waals surface area contributed by atoms with Crippen molar-refractivity contribution in [2.24, 2.45) is 0 Å². The molecule has 3 rings (SSSR count). The van der Waals surface area contributed by atoms with Crippen LogP contribution in [-0.2, 0) is 14.3 Å². The van der Waals surface area contributed by atoms with Crippen LogP contribution < -0.4 is 10.6 Å². The molecule has 0 saturated heterocycles. The molecule has 0 saturated carbocycles. The van der Waals surface area contributed by atoms with Crippen LogP contribution in [0.3, 0.4) is 0 Å². The van der Waals surface area contributed by atoms with Crippen molar-refractivity contribution in [3.05, 3.63) is 59.7 Å². The zero-order chi connectivity index (χ0) is 22.9. The second kappa shape index (κ2) is 11.0. The van der Waals surface area contributed by atoms with Crippen molar-refractivity contribution >= 4 is 18.0 Å². The van der Waals surface area contributed by atoms with Crippen LogP contribution in [0.25, 0.3) is 11.1 Å². The van der Waals surface area contributed by atoms with Crippen molar-refractivity contribution in [3.8, 4) is 23.0 Å². The van der Waals surface area contributed by atoms with Crippen molar-refractivity contribution in [1.29, 1.82) is 0 Å². The van der Waals surface area contributed by atoms with Gasteiger partial charge in [-0.15, -0.1) is 11.8 Å². The Morgan fingerprint density at radius 2 is 1.69 bits per heavy atom. The number of rotatable bonds is 9. The highest BCUT2D eigenvalue weighted by Crippen LogP contribution is 2.44. The molecule has 166 valence electrons. The minimum Gasteiger partial charge on any atom is -0.481 e. The summed E-state index contributed by atoms with van der Waals surface area (Å²) >= 11 is 0. The maximum Gasteiger partial charge on any atom is 0.407 e. The lowest BCUT2D eigenvalue weighted by Gasteiger charge is -2.19. The number of carboxylic acids is 1. The molecule has 0 fully saturated rings. The predicted octanol–water partition coefficient (Wildman–Crippen LogP) is 3.29. The number of ether oxygens (including phenoxy) is 1. The number of alkyl carbamates (subject to hydrolysis) is 1. The summed E-state index contributed by atoms with van der Waals surface area (Å²) in [5, 5.41) is 14.1. The minimum atomic E-state index is -1.05. The number of hydrogen-bond donors (Lipinski definition) is 3. The summed E-state index contributed by atoms with van der Waals surface area (Å²) in [4.78, 5) is 35.8. The molecule has 0 spiro atoms. The standard InChI is InChI=1S/C25H26N2O5/c1-2-3-8-15-26-24(30)22(13-14-23(28)29)27-25(31)32-16-21-19-11-6-4-9-17(19)18-10-5-7-12-20(18)21/h4-7,9-12,21-22H,8,13-16H2,1H3,(H,26,30)(H,27,31)(H,28,29). The lowest BCUT2D eigenvalue weighted by molar-refractivity contribution is -0.137. The first-order chi connectivity index (χ1) is 15.5. The highest BCUT2D eigenvalue weighted by Gasteiger charge is 2.29. The Labute approximate surface area is 187 Å². The highest BCUT2D eigenvalue weighted by atomic mass is 16.5. The van der Waals surface area contributed by atoms with Gasteiger partial charge in [0.2, 0.25) is 5.91 Å². The normalized spacial score (nSPS) is 12.5. The lowest BCUT2D eigenvalue weighted by Crippen LogP contribution is -2.47. The van der Waals surface area contributed by atoms with E-state index in [0.717, 1.165) is 22.3 Å². The summed E-state index contributed by atoms with van der Waals surface area (Å²) in [6.07, 6.45) is -0.578. The molecule has 0 aliphatic heterocycles. The minimum absolute atomic E-state index is 0.0369. The van der Waals surface area contributed by atoms with Crippen LogP contribution in [0.5, 0.6) is 0 Å². The molecule has 0 radical (unpaired) electrons. The number of carbonyl (C=O) groups is 3. The van der Waals surface area contributed by atoms with Gasteiger partial charge in [-0.2, -0.15) is 0 Å². The molecule has 1 aliphatic carbocycles. The fourth-order valence-electron chi connectivity index (χ4n) is 3.82. The van der Waals surface area contributed by atoms with E-state index in [4.69, 9.17) is 9.84 Å². The van der Waals surface area contributed by atoms with Gasteiger partial charge < -0.3 is 20.5 Å². The first kappa shape index (κ1) is 22.9. The van der Waals surface area contributed by atoms with Gasteiger partial charge in [0, 0.05) is 25.3 Å². The van der Waals surface area contributed by atoms with Crippen LogP contribution in [0.15, 0.2) is 48.5 Å². The van der Waals surface area contributed by atoms with Crippen molar-refractivity contribution < 1.29 is 24.2 Å². The lowest BCUT2D eigenvalue weighted by atomic mass is 9.98. The van der Waals surface area contributed by atoms with E-state index in [9.17, 15) is 14.4 Å². The van der Waals surface area contributed by atoms with Crippen LogP contribution in [-0.4, -0.2) is 42.3 Å². The third kappa shape index (κ3) is 5.67. The predicted molar refractivity (Wildman–Crippen MR) is 120 cm³/mol. The van der Waals surface area contributed by atoms with Crippen molar-refractivity contribution in [3.63, 3.8) is 0 Å². The largest absolute Gasteiger partial charge is 0.481 e. The average Bonchev–Trinajstić information content (AvgIpc) is 3.11. The van der Waals surface area contributed by atoms with Gasteiger partial charge in [0.15, 0.2) is 0 Å². The molecule has 1 aliphatic rings. The van der Waals surface area contributed by atoms with Gasteiger partial charge in [0.25, 0.3) is 0 Å². The molecular formula is C25H26N2O5. The first-order valence-corrected chi connectivity index (χ1v) is 10.5. The molecule has 0 aromatic heterocycles. The molecule has 3 N–H and O–H groups in total. The number of nitrogens with one attached hydrogen (secondary N) is 2. The van der Waals surface area contributed by atoms with E-state index in [2.05, 4.69) is 22.5 Å². The number of aliphatic carboxylic acids is 1. The molecule has 2 amide bonds. The monoisotopic (exact) mass is 434 g/mol. The maximum absolute atomic E-state index is 12.5. The number of fused-ring (bicyclic) bond motifs is 3. The zero-order valence-electron chi connectivity index (χ0n) is 17.9. The van der Waals surface area contributed by atoms with Gasteiger partial charge in [-0.25, -0.2) is 4.79 Å². The number of amides is 2. The number of hydrogen-bond acceptors (Lipinski definition) is 4. The summed E-state index contributed by atoms with van der Waals surface area (Å²) < 4.78 is 5.47. The van der Waals surface area contributed by atoms with E-state index in [1.54, 1.807) is 6.92 Å². The highest BCUT2D eigenvalue weighted by molar-refractivity contribution is 5.86. The van der Waals surface area contributed by atoms with Crippen molar-refractivity contribution in [1.82, 2.24) is 10.6 Å². The molecule has 7 heteroatoms. The van der Waals surface area contributed by atoms with Gasteiger partial charge in [0.1, 0.15) is 12.6 Å². The Hall–Kier alpha value is -3.79. The van der Waals surface area contributed by atoms with Crippen LogP contribution in [0.2, 0.25) is 0 Å². The van der Waals surface area contributed by atoms with Gasteiger partial charge in [-0.3, -0.25) is 9.59 Å². The van der Waals surface area contributed by atoms with Crippen molar-refractivity contribution in [2.45, 2.75) is 38.1 Å². The number of carbonyl (C=O) groups excluding carboxylic acids is 2. The summed E-state index contributed by atoms with van der Waals surface area (Å²) in [7, 11) is 0. The molecule has 2 aromatic carbocycles. The molecule has 7 nitrogen and oxygen atoms in total. The smallest absolute Gasteiger partial charge is 0.407 e. The molecule has 2 aromatic rings. The van der Waals surface area contributed by atoms with Crippen LogP contribution in [0, 0.1) is 11.8 Å². The number of benzene rings is 2. The second-order valence-electron chi connectivity index (χ2n) is 7.42. The van der Waals surface area contributed by atoms with Crippen LogP contribution in [0.4, 0.5) is 4.79 Å². The van der Waals surface area contributed by atoms with Gasteiger partial charge in [-0.05, 0) is 35.6 Å². The molecule has 1 atom stereocenters. The van der Waals surface area contributed by atoms with E-state index < -0.39 is 24.0 Å². The molecule has 1 unspecified atom stereocenters. The van der Waals surface area contributed by atoms with E-state index in [1.807, 2.05) is 48.5 Å². The molecule has 32 heavy (non-hydrogen) atoms. The third-order valence-corrected chi connectivity index (χ3v) is 5.33. The quantitative estimate of drug-likeness (QED) is 0.415. The first-order valence-electron chi connectivity index (χ1n) is 10.5. The van der Waals surface area contributed by atoms with E-state index >= 15 is 0 Å². The molecule has 0 heterocycles. The number of carboxylic acid groups (broad SMARTS) is 1. The maximum atomic E-state index is 12.5. The Bertz CT molecular complexity index is 1010. The van der Waals surface area contributed by atoms with Gasteiger partial charge in [0.05, 0.1) is 0 Å². The second-order valence-corrected chi connectivity index (χ2v) is 7.42. The zero-order valence-corrected chi connectivity index (χ0v) is 17.9. The van der Waals surface area contributed by atoms with Crippen molar-refractivity contribution in [2.75, 3.05) is 13.2 Å². The topological polar surface area (TPSA) is 105 Å². The third-order valence-electron chi connectivity index (χ3n) is 5.33. The summed E-state index contributed by atoms with van der Waals surface area (Å²) in [6.45, 7) is 2.13. The van der Waals surface area contributed by atoms with E-state index in [1.165, 1.54) is 0 Å². The van der Waals surface area contributed by atoms with E-state index in [-0.39, 0.29) is 25.4 Å². The molecule has 0 bridgehead atoms. The Morgan fingerprint density at radius 3 is 2.28 bits per heavy atom. The summed E-state index contributed by atoms with van der Waals surface area (Å²) in [5.74, 6) is 3.95. The van der Waals surface area contributed by atoms with Gasteiger partial charge >= 0.3 is 12.1 Å². The Morgan fingerprint density at radius 1 is 1.06 bits per heavy atom. The Balaban J connectivity index is 1.62. The average molecular weight is 434 g/mol. The van der Waals surface area contributed by atoms with Crippen LogP contribution >= 0.6 is 0 Å². The fourth-order valence-corrected chi connectivity index (χ4v) is 3.82. The van der Waals surface area contributed by atoms with Gasteiger partial charge in [-0.1, -0.05) is 48.5 Å².